The molecule has 3 aromatic rings. The number of nitrogens with one attached hydrogen (secondary N) is 1. The molecule has 1 atom stereocenters. The number of hydrogen-bond acceptors (Lipinski definition) is 6. The number of nitrogens with zero attached hydrogens (tertiary/aromatic N) is 5. The highest BCUT2D eigenvalue weighted by atomic mass is 32.2. The number of likely N-dealkylation sites (tertiary alicyclic amines) is 1. The summed E-state index contributed by atoms with van der Waals surface area (Å²) in [5, 5.41) is 12.2. The van der Waals surface area contributed by atoms with E-state index < -0.39 is 0 Å². The minimum atomic E-state index is -0.306. The van der Waals surface area contributed by atoms with Crippen molar-refractivity contribution in [1.29, 1.82) is 0 Å². The van der Waals surface area contributed by atoms with E-state index in [2.05, 4.69) is 32.5 Å². The number of aromatic nitrogens is 3. The predicted molar refractivity (Wildman–Crippen MR) is 134 cm³/mol. The highest BCUT2D eigenvalue weighted by Crippen LogP contribution is 2.27. The monoisotopic (exact) mass is 482 g/mol. The van der Waals surface area contributed by atoms with E-state index in [9.17, 15) is 9.18 Å². The summed E-state index contributed by atoms with van der Waals surface area (Å²) in [6.07, 6.45) is 2.55. The third-order valence-electron chi connectivity index (χ3n) is 6.07. The second-order valence-electron chi connectivity index (χ2n) is 8.81. The Morgan fingerprint density at radius 2 is 1.76 bits per heavy atom. The van der Waals surface area contributed by atoms with Gasteiger partial charge in [0.2, 0.25) is 5.91 Å². The molecule has 1 N–H and O–H groups in total. The molecule has 1 fully saturated rings. The molecule has 7 nitrogen and oxygen atoms in total. The number of benzene rings is 2. The van der Waals surface area contributed by atoms with E-state index in [1.165, 1.54) is 42.3 Å². The maximum absolute atomic E-state index is 13.5. The van der Waals surface area contributed by atoms with Gasteiger partial charge < -0.3 is 5.32 Å². The normalized spacial score (nSPS) is 15.1. The van der Waals surface area contributed by atoms with Gasteiger partial charge in [-0.3, -0.25) is 19.2 Å². The van der Waals surface area contributed by atoms with E-state index in [0.717, 1.165) is 36.8 Å². The quantitative estimate of drug-likeness (QED) is 0.457. The molecule has 1 saturated heterocycles. The minimum Gasteiger partial charge on any atom is -0.325 e. The molecular formula is C25H31FN6OS. The number of thioether (sulfide) groups is 1. The Morgan fingerprint density at radius 3 is 2.41 bits per heavy atom. The molecule has 0 aliphatic carbocycles. The van der Waals surface area contributed by atoms with Gasteiger partial charge in [-0.25, -0.2) is 4.39 Å². The van der Waals surface area contributed by atoms with Crippen LogP contribution >= 0.6 is 11.8 Å². The number of halogens is 1. The SMILES string of the molecule is C[C@H](c1nnc(SCC(=O)Nc2ccc(CN3CCCC3)cc2)n1-c1ccc(F)cc1)N(C)C. The lowest BCUT2D eigenvalue weighted by molar-refractivity contribution is -0.113. The van der Waals surface area contributed by atoms with Gasteiger partial charge in [0.05, 0.1) is 11.8 Å². The highest BCUT2D eigenvalue weighted by molar-refractivity contribution is 7.99. The fourth-order valence-corrected chi connectivity index (χ4v) is 4.69. The van der Waals surface area contributed by atoms with Crippen LogP contribution in [0.5, 0.6) is 0 Å². The fourth-order valence-electron chi connectivity index (χ4n) is 3.93. The third-order valence-corrected chi connectivity index (χ3v) is 7.00. The summed E-state index contributed by atoms with van der Waals surface area (Å²) in [4.78, 5) is 17.1. The van der Waals surface area contributed by atoms with Gasteiger partial charge in [0, 0.05) is 17.9 Å². The molecule has 2 aromatic carbocycles. The fraction of sp³-hybridized carbons (Fsp3) is 0.400. The Bertz CT molecular complexity index is 1090. The van der Waals surface area contributed by atoms with E-state index in [4.69, 9.17) is 0 Å². The van der Waals surface area contributed by atoms with Crippen molar-refractivity contribution in [1.82, 2.24) is 24.6 Å². The van der Waals surface area contributed by atoms with Crippen molar-refractivity contribution in [3.63, 3.8) is 0 Å². The molecular weight excluding hydrogens is 451 g/mol. The standard InChI is InChI=1S/C25H31FN6OS/c1-18(30(2)3)24-28-29-25(32(24)22-12-8-20(26)9-13-22)34-17-23(33)27-21-10-6-19(7-11-21)16-31-14-4-5-15-31/h6-13,18H,4-5,14-17H2,1-3H3,(H,27,33)/t18-/m1/s1. The van der Waals surface area contributed by atoms with Gasteiger partial charge in [-0.15, -0.1) is 10.2 Å². The van der Waals surface area contributed by atoms with E-state index in [-0.39, 0.29) is 23.5 Å². The molecule has 34 heavy (non-hydrogen) atoms. The lowest BCUT2D eigenvalue weighted by Gasteiger charge is -2.20. The van der Waals surface area contributed by atoms with Crippen molar-refractivity contribution < 1.29 is 9.18 Å². The van der Waals surface area contributed by atoms with Crippen LogP contribution in [0.3, 0.4) is 0 Å². The second-order valence-corrected chi connectivity index (χ2v) is 9.75. The van der Waals surface area contributed by atoms with Gasteiger partial charge >= 0.3 is 0 Å². The first kappa shape index (κ1) is 24.4. The number of carbonyl (C=O) groups is 1. The molecule has 2 heterocycles. The lowest BCUT2D eigenvalue weighted by atomic mass is 10.2. The molecule has 0 bridgehead atoms. The summed E-state index contributed by atoms with van der Waals surface area (Å²) in [5.74, 6) is 0.492. The zero-order valence-electron chi connectivity index (χ0n) is 19.9. The average Bonchev–Trinajstić information content (AvgIpc) is 3.49. The van der Waals surface area contributed by atoms with Crippen molar-refractivity contribution in [3.8, 4) is 5.69 Å². The first-order valence-corrected chi connectivity index (χ1v) is 12.5. The molecule has 0 unspecified atom stereocenters. The molecule has 0 saturated carbocycles. The molecule has 1 aromatic heterocycles. The van der Waals surface area contributed by atoms with Gasteiger partial charge in [0.25, 0.3) is 0 Å². The van der Waals surface area contributed by atoms with E-state index >= 15 is 0 Å². The zero-order valence-corrected chi connectivity index (χ0v) is 20.7. The van der Waals surface area contributed by atoms with Gasteiger partial charge in [0.15, 0.2) is 11.0 Å². The van der Waals surface area contributed by atoms with E-state index in [1.807, 2.05) is 42.6 Å². The van der Waals surface area contributed by atoms with Crippen LogP contribution in [0.2, 0.25) is 0 Å². The van der Waals surface area contributed by atoms with Crippen LogP contribution in [0.1, 0.15) is 37.2 Å². The maximum Gasteiger partial charge on any atom is 0.234 e. The van der Waals surface area contributed by atoms with Crippen molar-refractivity contribution >= 4 is 23.4 Å². The Kier molecular flexibility index (Phi) is 7.97. The predicted octanol–water partition coefficient (Wildman–Crippen LogP) is 4.36. The number of anilines is 1. The van der Waals surface area contributed by atoms with E-state index in [1.54, 1.807) is 12.1 Å². The van der Waals surface area contributed by atoms with Crippen LogP contribution in [0.25, 0.3) is 5.69 Å². The molecule has 4 rings (SSSR count). The highest BCUT2D eigenvalue weighted by Gasteiger charge is 2.21. The lowest BCUT2D eigenvalue weighted by Crippen LogP contribution is -2.21. The molecule has 180 valence electrons. The van der Waals surface area contributed by atoms with Crippen LogP contribution in [-0.4, -0.2) is 63.4 Å². The molecule has 0 spiro atoms. The zero-order chi connectivity index (χ0) is 24.1. The first-order valence-electron chi connectivity index (χ1n) is 11.5. The van der Waals surface area contributed by atoms with E-state index in [0.29, 0.717) is 5.16 Å². The molecule has 1 aliphatic rings. The molecule has 1 aliphatic heterocycles. The minimum absolute atomic E-state index is 0.0141. The van der Waals surface area contributed by atoms with Crippen LogP contribution in [-0.2, 0) is 11.3 Å². The van der Waals surface area contributed by atoms with Crippen molar-refractivity contribution in [2.45, 2.75) is 37.5 Å². The van der Waals surface area contributed by atoms with Crippen LogP contribution in [0, 0.1) is 5.82 Å². The number of carbonyl (C=O) groups excluding carboxylic acids is 1. The van der Waals surface area contributed by atoms with Gasteiger partial charge in [-0.05, 0) is 88.9 Å². The van der Waals surface area contributed by atoms with Crippen molar-refractivity contribution in [2.75, 3.05) is 38.3 Å². The summed E-state index contributed by atoms with van der Waals surface area (Å²) < 4.78 is 15.4. The number of amides is 1. The Hall–Kier alpha value is -2.75. The average molecular weight is 483 g/mol. The summed E-state index contributed by atoms with van der Waals surface area (Å²) in [6, 6.07) is 14.2. The first-order chi connectivity index (χ1) is 16.4. The number of rotatable bonds is 9. The molecule has 9 heteroatoms. The van der Waals surface area contributed by atoms with Crippen molar-refractivity contribution in [3.05, 3.63) is 65.7 Å². The van der Waals surface area contributed by atoms with Crippen molar-refractivity contribution in [2.24, 2.45) is 0 Å². The number of hydrogen-bond donors (Lipinski definition) is 1. The van der Waals surface area contributed by atoms with Gasteiger partial charge in [0.1, 0.15) is 5.82 Å². The molecule has 0 radical (unpaired) electrons. The Morgan fingerprint density at radius 1 is 1.09 bits per heavy atom. The smallest absolute Gasteiger partial charge is 0.234 e. The maximum atomic E-state index is 13.5. The Labute approximate surface area is 204 Å². The van der Waals surface area contributed by atoms with Crippen LogP contribution in [0.4, 0.5) is 10.1 Å². The van der Waals surface area contributed by atoms with Crippen LogP contribution in [0.15, 0.2) is 53.7 Å². The third kappa shape index (κ3) is 6.02. The molecule has 1 amide bonds. The summed E-state index contributed by atoms with van der Waals surface area (Å²) in [7, 11) is 3.93. The Balaban J connectivity index is 1.41. The topological polar surface area (TPSA) is 66.3 Å². The largest absolute Gasteiger partial charge is 0.325 e. The van der Waals surface area contributed by atoms with Crippen LogP contribution < -0.4 is 5.32 Å². The summed E-state index contributed by atoms with van der Waals surface area (Å²) in [6.45, 7) is 5.30. The summed E-state index contributed by atoms with van der Waals surface area (Å²) >= 11 is 1.31. The summed E-state index contributed by atoms with van der Waals surface area (Å²) in [5.41, 5.74) is 2.79. The second kappa shape index (κ2) is 11.1. The van der Waals surface area contributed by atoms with Gasteiger partial charge in [-0.2, -0.15) is 0 Å². The van der Waals surface area contributed by atoms with Gasteiger partial charge in [-0.1, -0.05) is 23.9 Å².